The van der Waals surface area contributed by atoms with Crippen molar-refractivity contribution in [1.82, 2.24) is 0 Å². The summed E-state index contributed by atoms with van der Waals surface area (Å²) in [6, 6.07) is 4.84. The topological polar surface area (TPSA) is 71.4 Å². The number of hydrogen-bond donors (Lipinski definition) is 1. The first kappa shape index (κ1) is 16.4. The van der Waals surface area contributed by atoms with Crippen LogP contribution in [-0.4, -0.2) is 31.7 Å². The minimum atomic E-state index is -3.46. The van der Waals surface area contributed by atoms with Gasteiger partial charge in [0.1, 0.15) is 0 Å². The molecule has 4 nitrogen and oxygen atoms in total. The van der Waals surface area contributed by atoms with Crippen LogP contribution in [0.1, 0.15) is 31.2 Å². The van der Waals surface area contributed by atoms with Crippen molar-refractivity contribution in [3.8, 4) is 0 Å². The quantitative estimate of drug-likeness (QED) is 0.912. The Bertz CT molecular complexity index is 736. The predicted molar refractivity (Wildman–Crippen MR) is 79.3 cm³/mol. The fourth-order valence-electron chi connectivity index (χ4n) is 4.11. The van der Waals surface area contributed by atoms with E-state index in [2.05, 4.69) is 0 Å². The lowest BCUT2D eigenvalue weighted by Gasteiger charge is -2.14. The molecule has 1 N–H and O–H groups in total. The Morgan fingerprint density at radius 1 is 1.17 bits per heavy atom. The zero-order chi connectivity index (χ0) is 17.0. The zero-order valence-corrected chi connectivity index (χ0v) is 13.4. The smallest absolute Gasteiger partial charge is 0.320 e. The van der Waals surface area contributed by atoms with Crippen LogP contribution in [0.15, 0.2) is 29.2 Å². The molecule has 23 heavy (non-hydrogen) atoms. The number of aliphatic carboxylic acids is 1. The summed E-state index contributed by atoms with van der Waals surface area (Å²) in [4.78, 5) is 11.7. The molecule has 0 amide bonds. The lowest BCUT2D eigenvalue weighted by atomic mass is 9.87. The molecule has 0 radical (unpaired) electrons. The van der Waals surface area contributed by atoms with Crippen LogP contribution in [0.2, 0.25) is 0 Å². The fourth-order valence-corrected chi connectivity index (χ4v) is 4.74. The Morgan fingerprint density at radius 3 is 2.13 bits per heavy atom. The third kappa shape index (κ3) is 2.20. The number of alkyl halides is 2. The van der Waals surface area contributed by atoms with E-state index in [0.717, 1.165) is 19.1 Å². The third-order valence-electron chi connectivity index (χ3n) is 5.25. The second-order valence-electron chi connectivity index (χ2n) is 6.55. The molecule has 0 heterocycles. The monoisotopic (exact) mass is 344 g/mol. The minimum absolute atomic E-state index is 0.0110. The zero-order valence-electron chi connectivity index (χ0n) is 12.6. The summed E-state index contributed by atoms with van der Waals surface area (Å²) in [7, 11) is -3.46. The summed E-state index contributed by atoms with van der Waals surface area (Å²) in [6.45, 7) is 0. The highest BCUT2D eigenvalue weighted by Gasteiger charge is 2.87. The summed E-state index contributed by atoms with van der Waals surface area (Å²) >= 11 is 0. The molecule has 7 heteroatoms. The number of sulfone groups is 1. The van der Waals surface area contributed by atoms with Gasteiger partial charge in [-0.25, -0.2) is 17.2 Å². The van der Waals surface area contributed by atoms with Crippen molar-refractivity contribution >= 4 is 15.8 Å². The van der Waals surface area contributed by atoms with Crippen molar-refractivity contribution in [1.29, 1.82) is 0 Å². The molecule has 2 aliphatic rings. The van der Waals surface area contributed by atoms with E-state index in [1.54, 1.807) is 0 Å². The molecule has 2 fully saturated rings. The Balaban J connectivity index is 2.04. The fraction of sp³-hybridized carbons (Fsp3) is 0.562. The van der Waals surface area contributed by atoms with Gasteiger partial charge >= 0.3 is 5.97 Å². The molecule has 0 bridgehead atoms. The van der Waals surface area contributed by atoms with Gasteiger partial charge < -0.3 is 5.11 Å². The van der Waals surface area contributed by atoms with E-state index in [1.807, 2.05) is 0 Å². The van der Waals surface area contributed by atoms with E-state index >= 15 is 0 Å². The normalized spacial score (nSPS) is 30.3. The van der Waals surface area contributed by atoms with Crippen LogP contribution in [0.4, 0.5) is 8.78 Å². The Kier molecular flexibility index (Phi) is 3.55. The highest BCUT2D eigenvalue weighted by atomic mass is 32.2. The number of carboxylic acid groups (broad SMARTS) is 1. The van der Waals surface area contributed by atoms with Gasteiger partial charge in [0, 0.05) is 6.26 Å². The van der Waals surface area contributed by atoms with E-state index in [9.17, 15) is 27.1 Å². The Hall–Kier alpha value is -1.50. The molecule has 2 atom stereocenters. The minimum Gasteiger partial charge on any atom is -0.480 e. The maximum Gasteiger partial charge on any atom is 0.320 e. The maximum atomic E-state index is 14.5. The van der Waals surface area contributed by atoms with E-state index in [4.69, 9.17) is 0 Å². The summed E-state index contributed by atoms with van der Waals surface area (Å²) in [5.41, 5.74) is -2.24. The second kappa shape index (κ2) is 5.00. The van der Waals surface area contributed by atoms with E-state index in [-0.39, 0.29) is 16.4 Å². The maximum absolute atomic E-state index is 14.5. The third-order valence-corrected chi connectivity index (χ3v) is 6.37. The summed E-state index contributed by atoms with van der Waals surface area (Å²) in [5, 5.41) is 9.55. The summed E-state index contributed by atoms with van der Waals surface area (Å²) in [5.74, 6) is -6.35. The lowest BCUT2D eigenvalue weighted by molar-refractivity contribution is -0.143. The van der Waals surface area contributed by atoms with Crippen LogP contribution in [0.25, 0.3) is 0 Å². The van der Waals surface area contributed by atoms with Gasteiger partial charge in [-0.1, -0.05) is 25.0 Å². The molecule has 2 saturated carbocycles. The van der Waals surface area contributed by atoms with Gasteiger partial charge in [0.15, 0.2) is 15.3 Å². The first-order chi connectivity index (χ1) is 10.6. The van der Waals surface area contributed by atoms with E-state index in [1.165, 1.54) is 24.3 Å². The molecular formula is C16H18F2O4S. The number of rotatable bonds is 4. The number of halogens is 2. The molecule has 0 spiro atoms. The Morgan fingerprint density at radius 2 is 1.70 bits per heavy atom. The van der Waals surface area contributed by atoms with Gasteiger partial charge in [0.25, 0.3) is 5.92 Å². The molecule has 0 saturated heterocycles. The van der Waals surface area contributed by atoms with Gasteiger partial charge in [-0.2, -0.15) is 0 Å². The van der Waals surface area contributed by atoms with Crippen LogP contribution >= 0.6 is 0 Å². The molecule has 2 unspecified atom stereocenters. The standard InChI is InChI=1S/C16H18F2O4S/c1-23(21,22)12-8-6-11(7-9-12)15(14(19)20)13(16(15,17)18)10-4-2-3-5-10/h6-10,13H,2-5H2,1H3,(H,19,20). The molecule has 0 aliphatic heterocycles. The largest absolute Gasteiger partial charge is 0.480 e. The highest BCUT2D eigenvalue weighted by molar-refractivity contribution is 7.90. The number of carbonyl (C=O) groups is 1. The SMILES string of the molecule is CS(=O)(=O)c1ccc(C2(C(=O)O)C(C3CCCC3)C2(F)F)cc1. The number of hydrogen-bond acceptors (Lipinski definition) is 3. The van der Waals surface area contributed by atoms with Crippen LogP contribution in [0, 0.1) is 11.8 Å². The van der Waals surface area contributed by atoms with Crippen molar-refractivity contribution in [2.75, 3.05) is 6.26 Å². The van der Waals surface area contributed by atoms with Crippen LogP contribution in [0.3, 0.4) is 0 Å². The average Bonchev–Trinajstić information content (AvgIpc) is 2.79. The Labute approximate surface area is 133 Å². The van der Waals surface area contributed by atoms with Gasteiger partial charge in [0.05, 0.1) is 10.8 Å². The van der Waals surface area contributed by atoms with E-state index < -0.39 is 33.1 Å². The first-order valence-corrected chi connectivity index (χ1v) is 9.44. The van der Waals surface area contributed by atoms with Gasteiger partial charge in [-0.15, -0.1) is 0 Å². The van der Waals surface area contributed by atoms with Crippen LogP contribution in [-0.2, 0) is 20.0 Å². The van der Waals surface area contributed by atoms with Gasteiger partial charge in [-0.05, 0) is 36.5 Å². The molecule has 126 valence electrons. The predicted octanol–water partition coefficient (Wildman–Crippen LogP) is 2.87. The van der Waals surface area contributed by atoms with Crippen LogP contribution < -0.4 is 0 Å². The molecule has 0 aromatic heterocycles. The lowest BCUT2D eigenvalue weighted by Crippen LogP contribution is -2.28. The number of carboxylic acids is 1. The van der Waals surface area contributed by atoms with Gasteiger partial charge in [0.2, 0.25) is 0 Å². The number of benzene rings is 1. The summed E-state index contributed by atoms with van der Waals surface area (Å²) < 4.78 is 52.0. The second-order valence-corrected chi connectivity index (χ2v) is 8.57. The van der Waals surface area contributed by atoms with Gasteiger partial charge in [-0.3, -0.25) is 4.79 Å². The van der Waals surface area contributed by atoms with Crippen LogP contribution in [0.5, 0.6) is 0 Å². The molecule has 2 aliphatic carbocycles. The van der Waals surface area contributed by atoms with Crippen molar-refractivity contribution in [3.05, 3.63) is 29.8 Å². The molecule has 1 aromatic rings. The average molecular weight is 344 g/mol. The van der Waals surface area contributed by atoms with Crippen molar-refractivity contribution < 1.29 is 27.1 Å². The van der Waals surface area contributed by atoms with Crippen molar-refractivity contribution in [2.45, 2.75) is 41.9 Å². The molecule has 3 rings (SSSR count). The van der Waals surface area contributed by atoms with Crippen molar-refractivity contribution in [3.63, 3.8) is 0 Å². The molecular weight excluding hydrogens is 326 g/mol. The van der Waals surface area contributed by atoms with Crippen molar-refractivity contribution in [2.24, 2.45) is 11.8 Å². The molecule has 1 aromatic carbocycles. The van der Waals surface area contributed by atoms with E-state index in [0.29, 0.717) is 12.8 Å². The first-order valence-electron chi connectivity index (χ1n) is 7.55. The summed E-state index contributed by atoms with van der Waals surface area (Å²) in [6.07, 6.45) is 3.95. The highest BCUT2D eigenvalue weighted by Crippen LogP contribution is 2.71.